The summed E-state index contributed by atoms with van der Waals surface area (Å²) in [5.74, 6) is -0.604. The lowest BCUT2D eigenvalue weighted by Crippen LogP contribution is -2.18. The summed E-state index contributed by atoms with van der Waals surface area (Å²) in [4.78, 5) is 10.7. The van der Waals surface area contributed by atoms with Crippen LogP contribution >= 0.6 is 15.9 Å². The highest BCUT2D eigenvalue weighted by atomic mass is 79.9. The van der Waals surface area contributed by atoms with Gasteiger partial charge in [-0.25, -0.2) is 4.39 Å². The Kier molecular flexibility index (Phi) is 4.27. The van der Waals surface area contributed by atoms with Crippen LogP contribution in [-0.2, 0) is 16.0 Å². The van der Waals surface area contributed by atoms with Gasteiger partial charge in [-0.1, -0.05) is 28.1 Å². The molecule has 0 aliphatic heterocycles. The maximum Gasteiger partial charge on any atom is 0.319 e. The third-order valence-corrected chi connectivity index (χ3v) is 2.81. The van der Waals surface area contributed by atoms with E-state index >= 15 is 0 Å². The summed E-state index contributed by atoms with van der Waals surface area (Å²) in [7, 11) is 1.33. The van der Waals surface area contributed by atoms with Gasteiger partial charge in [0.25, 0.3) is 0 Å². The molecule has 0 radical (unpaired) electrons. The lowest BCUT2D eigenvalue weighted by Gasteiger charge is -2.08. The second-order valence-electron chi connectivity index (χ2n) is 3.28. The van der Waals surface area contributed by atoms with Crippen LogP contribution in [0.3, 0.4) is 0 Å². The van der Waals surface area contributed by atoms with Gasteiger partial charge in [0, 0.05) is 0 Å². The van der Waals surface area contributed by atoms with Crippen molar-refractivity contribution in [2.75, 3.05) is 7.11 Å². The van der Waals surface area contributed by atoms with E-state index in [1.54, 1.807) is 19.1 Å². The Balaban J connectivity index is 2.73. The Hall–Kier alpha value is -0.900. The lowest BCUT2D eigenvalue weighted by molar-refractivity contribution is -0.139. The quantitative estimate of drug-likeness (QED) is 0.626. The molecule has 0 fully saturated rings. The number of ether oxygens (including phenoxy) is 1. The zero-order valence-corrected chi connectivity index (χ0v) is 10.2. The summed E-state index contributed by atoms with van der Waals surface area (Å²) in [5.41, 5.74) is 1.37. The maximum absolute atomic E-state index is 13.2. The zero-order chi connectivity index (χ0) is 11.4. The number of hydrogen-bond acceptors (Lipinski definition) is 2. The van der Waals surface area contributed by atoms with Crippen LogP contribution in [0.2, 0.25) is 0 Å². The summed E-state index contributed by atoms with van der Waals surface area (Å²) in [5, 5.41) is 0. The molecule has 0 aromatic heterocycles. The molecular formula is C11H12BrFO2. The average molecular weight is 275 g/mol. The van der Waals surface area contributed by atoms with Gasteiger partial charge in [-0.05, 0) is 30.5 Å². The van der Waals surface area contributed by atoms with Crippen molar-refractivity contribution in [3.63, 3.8) is 0 Å². The predicted octanol–water partition coefficient (Wildman–Crippen LogP) is 2.61. The third-order valence-electron chi connectivity index (χ3n) is 2.11. The van der Waals surface area contributed by atoms with Gasteiger partial charge in [-0.15, -0.1) is 0 Å². The van der Waals surface area contributed by atoms with E-state index in [0.717, 1.165) is 5.56 Å². The Morgan fingerprint density at radius 3 is 2.80 bits per heavy atom. The highest BCUT2D eigenvalue weighted by molar-refractivity contribution is 9.10. The number of carbonyl (C=O) groups is 1. The Morgan fingerprint density at radius 2 is 2.27 bits per heavy atom. The molecule has 1 aromatic rings. The van der Waals surface area contributed by atoms with E-state index in [9.17, 15) is 9.18 Å². The normalized spacial score (nSPS) is 12.3. The van der Waals surface area contributed by atoms with Crippen LogP contribution in [0, 0.1) is 12.7 Å². The van der Waals surface area contributed by atoms with Gasteiger partial charge < -0.3 is 4.74 Å². The predicted molar refractivity (Wildman–Crippen MR) is 59.6 cm³/mol. The van der Waals surface area contributed by atoms with E-state index in [1.807, 2.05) is 0 Å². The van der Waals surface area contributed by atoms with Crippen LogP contribution < -0.4 is 0 Å². The summed E-state index contributed by atoms with van der Waals surface area (Å²) in [6, 6.07) is 4.93. The number of hydrogen-bond donors (Lipinski definition) is 0. The average Bonchev–Trinajstić information content (AvgIpc) is 2.22. The van der Waals surface area contributed by atoms with Crippen LogP contribution in [-0.4, -0.2) is 17.9 Å². The zero-order valence-electron chi connectivity index (χ0n) is 8.59. The van der Waals surface area contributed by atoms with Crippen molar-refractivity contribution in [2.45, 2.75) is 18.2 Å². The van der Waals surface area contributed by atoms with Crippen molar-refractivity contribution < 1.29 is 13.9 Å². The van der Waals surface area contributed by atoms with E-state index in [-0.39, 0.29) is 11.8 Å². The molecule has 0 bridgehead atoms. The van der Waals surface area contributed by atoms with E-state index in [0.29, 0.717) is 12.0 Å². The molecule has 0 aliphatic carbocycles. The summed E-state index contributed by atoms with van der Waals surface area (Å²) in [6.07, 6.45) is 0.421. The van der Waals surface area contributed by atoms with Gasteiger partial charge in [0.2, 0.25) is 0 Å². The van der Waals surface area contributed by atoms with Gasteiger partial charge in [0.05, 0.1) is 7.11 Å². The first-order valence-corrected chi connectivity index (χ1v) is 5.43. The number of benzene rings is 1. The monoisotopic (exact) mass is 274 g/mol. The van der Waals surface area contributed by atoms with Crippen molar-refractivity contribution in [1.82, 2.24) is 0 Å². The topological polar surface area (TPSA) is 26.3 Å². The number of rotatable bonds is 3. The summed E-state index contributed by atoms with van der Waals surface area (Å²) in [6.45, 7) is 1.70. The van der Waals surface area contributed by atoms with Crippen LogP contribution in [0.15, 0.2) is 18.2 Å². The first-order chi connectivity index (χ1) is 7.04. The Labute approximate surface area is 96.6 Å². The number of halogens is 2. The molecule has 1 atom stereocenters. The molecule has 0 amide bonds. The Morgan fingerprint density at radius 1 is 1.60 bits per heavy atom. The van der Waals surface area contributed by atoms with Crippen molar-refractivity contribution in [3.8, 4) is 0 Å². The van der Waals surface area contributed by atoms with E-state index < -0.39 is 4.83 Å². The highest BCUT2D eigenvalue weighted by Crippen LogP contribution is 2.14. The number of esters is 1. The molecule has 0 N–H and O–H groups in total. The number of carbonyl (C=O) groups excluding carboxylic acids is 1. The standard InChI is InChI=1S/C11H12BrFO2/c1-7-3-4-8(6-10(7)13)5-9(12)11(14)15-2/h3-4,6,9H,5H2,1-2H3. The second-order valence-corrected chi connectivity index (χ2v) is 4.38. The number of alkyl halides is 1. The largest absolute Gasteiger partial charge is 0.468 e. The van der Waals surface area contributed by atoms with Crippen LogP contribution in [0.1, 0.15) is 11.1 Å². The second kappa shape index (κ2) is 5.26. The Bertz CT molecular complexity index is 366. The van der Waals surface area contributed by atoms with E-state index in [1.165, 1.54) is 13.2 Å². The molecule has 82 valence electrons. The summed E-state index contributed by atoms with van der Waals surface area (Å²) >= 11 is 3.19. The van der Waals surface area contributed by atoms with Gasteiger partial charge in [-0.2, -0.15) is 0 Å². The van der Waals surface area contributed by atoms with Gasteiger partial charge in [0.15, 0.2) is 0 Å². The minimum absolute atomic E-state index is 0.253. The lowest BCUT2D eigenvalue weighted by atomic mass is 10.1. The van der Waals surface area contributed by atoms with Crippen LogP contribution in [0.5, 0.6) is 0 Å². The first-order valence-electron chi connectivity index (χ1n) is 4.51. The van der Waals surface area contributed by atoms with Gasteiger partial charge in [-0.3, -0.25) is 4.79 Å². The minimum atomic E-state index is -0.426. The van der Waals surface area contributed by atoms with Crippen molar-refractivity contribution in [3.05, 3.63) is 35.1 Å². The maximum atomic E-state index is 13.2. The molecule has 0 saturated carbocycles. The van der Waals surface area contributed by atoms with Gasteiger partial charge >= 0.3 is 5.97 Å². The van der Waals surface area contributed by atoms with E-state index in [2.05, 4.69) is 20.7 Å². The highest BCUT2D eigenvalue weighted by Gasteiger charge is 2.15. The van der Waals surface area contributed by atoms with Crippen molar-refractivity contribution in [2.24, 2.45) is 0 Å². The van der Waals surface area contributed by atoms with Crippen molar-refractivity contribution in [1.29, 1.82) is 0 Å². The molecule has 4 heteroatoms. The smallest absolute Gasteiger partial charge is 0.319 e. The SMILES string of the molecule is COC(=O)C(Br)Cc1ccc(C)c(F)c1. The molecule has 0 saturated heterocycles. The molecule has 0 spiro atoms. The fourth-order valence-corrected chi connectivity index (χ4v) is 1.74. The summed E-state index contributed by atoms with van der Waals surface area (Å²) < 4.78 is 17.7. The molecule has 15 heavy (non-hydrogen) atoms. The molecule has 0 aliphatic rings. The molecule has 1 rings (SSSR count). The molecule has 0 heterocycles. The first kappa shape index (κ1) is 12.2. The minimum Gasteiger partial charge on any atom is -0.468 e. The molecular weight excluding hydrogens is 263 g/mol. The van der Waals surface area contributed by atoms with Gasteiger partial charge in [0.1, 0.15) is 10.6 Å². The number of aryl methyl sites for hydroxylation is 1. The van der Waals surface area contributed by atoms with Crippen LogP contribution in [0.25, 0.3) is 0 Å². The fourth-order valence-electron chi connectivity index (χ4n) is 1.18. The van der Waals surface area contributed by atoms with Crippen molar-refractivity contribution >= 4 is 21.9 Å². The fraction of sp³-hybridized carbons (Fsp3) is 0.364. The third kappa shape index (κ3) is 3.30. The molecule has 1 unspecified atom stereocenters. The van der Waals surface area contributed by atoms with E-state index in [4.69, 9.17) is 0 Å². The molecule has 1 aromatic carbocycles. The number of methoxy groups -OCH3 is 1. The molecule has 2 nitrogen and oxygen atoms in total. The van der Waals surface area contributed by atoms with Crippen LogP contribution in [0.4, 0.5) is 4.39 Å².